The third-order valence-corrected chi connectivity index (χ3v) is 2.62. The molecule has 0 saturated carbocycles. The number of ether oxygens (including phenoxy) is 1. The lowest BCUT2D eigenvalue weighted by Crippen LogP contribution is -2.36. The molecule has 18 heavy (non-hydrogen) atoms. The van der Waals surface area contributed by atoms with Gasteiger partial charge >= 0.3 is 0 Å². The first-order valence-electron chi connectivity index (χ1n) is 6.21. The topological polar surface area (TPSA) is 38.3 Å². The van der Waals surface area contributed by atoms with Gasteiger partial charge < -0.3 is 10.1 Å². The predicted molar refractivity (Wildman–Crippen MR) is 69.1 cm³/mol. The largest absolute Gasteiger partial charge is 0.484 e. The standard InChI is InChI=1S/C14H20FNO2/c1-4-5-11(3)16-14(17)9-18-13-7-6-12(15)8-10(13)2/h6-8,11H,4-5,9H2,1-3H3,(H,16,17). The Morgan fingerprint density at radius 3 is 2.83 bits per heavy atom. The van der Waals surface area contributed by atoms with Crippen LogP contribution < -0.4 is 10.1 Å². The quantitative estimate of drug-likeness (QED) is 0.846. The first-order chi connectivity index (χ1) is 8.52. The van der Waals surface area contributed by atoms with Gasteiger partial charge in [0.05, 0.1) is 0 Å². The van der Waals surface area contributed by atoms with Crippen molar-refractivity contribution in [1.29, 1.82) is 0 Å². The highest BCUT2D eigenvalue weighted by molar-refractivity contribution is 5.77. The number of carbonyl (C=O) groups excluding carboxylic acids is 1. The highest BCUT2D eigenvalue weighted by atomic mass is 19.1. The molecular formula is C14H20FNO2. The van der Waals surface area contributed by atoms with Crippen molar-refractivity contribution in [3.8, 4) is 5.75 Å². The number of nitrogens with one attached hydrogen (secondary N) is 1. The minimum absolute atomic E-state index is 0.0411. The van der Waals surface area contributed by atoms with Crippen molar-refractivity contribution < 1.29 is 13.9 Å². The van der Waals surface area contributed by atoms with Gasteiger partial charge in [-0.05, 0) is 44.0 Å². The molecule has 0 bridgehead atoms. The number of amides is 1. The Balaban J connectivity index is 2.42. The zero-order valence-corrected chi connectivity index (χ0v) is 11.1. The normalized spacial score (nSPS) is 12.0. The van der Waals surface area contributed by atoms with Gasteiger partial charge in [-0.2, -0.15) is 0 Å². The summed E-state index contributed by atoms with van der Waals surface area (Å²) in [6.07, 6.45) is 1.97. The highest BCUT2D eigenvalue weighted by Gasteiger charge is 2.08. The van der Waals surface area contributed by atoms with Crippen LogP contribution in [0.3, 0.4) is 0 Å². The molecule has 0 saturated heterocycles. The molecule has 4 heteroatoms. The van der Waals surface area contributed by atoms with E-state index in [0.717, 1.165) is 12.8 Å². The average Bonchev–Trinajstić information content (AvgIpc) is 2.28. The smallest absolute Gasteiger partial charge is 0.258 e. The fraction of sp³-hybridized carbons (Fsp3) is 0.500. The first-order valence-corrected chi connectivity index (χ1v) is 6.21. The third-order valence-electron chi connectivity index (χ3n) is 2.62. The molecule has 0 heterocycles. The molecule has 1 aromatic rings. The second-order valence-corrected chi connectivity index (χ2v) is 4.46. The SMILES string of the molecule is CCCC(C)NC(=O)COc1ccc(F)cc1C. The molecule has 1 atom stereocenters. The molecule has 0 aliphatic heterocycles. The molecule has 1 unspecified atom stereocenters. The summed E-state index contributed by atoms with van der Waals surface area (Å²) in [7, 11) is 0. The summed E-state index contributed by atoms with van der Waals surface area (Å²) < 4.78 is 18.2. The molecule has 3 nitrogen and oxygen atoms in total. The van der Waals surface area contributed by atoms with E-state index in [1.807, 2.05) is 6.92 Å². The number of benzene rings is 1. The number of carbonyl (C=O) groups is 1. The Kier molecular flexibility index (Phi) is 5.62. The summed E-state index contributed by atoms with van der Waals surface area (Å²) in [6, 6.07) is 4.39. The van der Waals surface area contributed by atoms with Crippen LogP contribution in [0.25, 0.3) is 0 Å². The zero-order chi connectivity index (χ0) is 13.5. The van der Waals surface area contributed by atoms with E-state index in [-0.39, 0.29) is 24.4 Å². The molecular weight excluding hydrogens is 233 g/mol. The molecule has 0 fully saturated rings. The van der Waals surface area contributed by atoms with Crippen molar-refractivity contribution in [3.05, 3.63) is 29.6 Å². The highest BCUT2D eigenvalue weighted by Crippen LogP contribution is 2.18. The van der Waals surface area contributed by atoms with Crippen molar-refractivity contribution in [2.75, 3.05) is 6.61 Å². The van der Waals surface area contributed by atoms with Crippen molar-refractivity contribution in [2.24, 2.45) is 0 Å². The van der Waals surface area contributed by atoms with E-state index in [9.17, 15) is 9.18 Å². The van der Waals surface area contributed by atoms with Crippen molar-refractivity contribution in [3.63, 3.8) is 0 Å². The summed E-state index contributed by atoms with van der Waals surface area (Å²) in [5.41, 5.74) is 0.685. The van der Waals surface area contributed by atoms with Gasteiger partial charge in [-0.15, -0.1) is 0 Å². The van der Waals surface area contributed by atoms with Gasteiger partial charge in [0.1, 0.15) is 11.6 Å². The molecule has 0 radical (unpaired) electrons. The third kappa shape index (κ3) is 4.73. The van der Waals surface area contributed by atoms with Crippen LogP contribution in [-0.4, -0.2) is 18.6 Å². The van der Waals surface area contributed by atoms with E-state index in [0.29, 0.717) is 11.3 Å². The fourth-order valence-electron chi connectivity index (χ4n) is 1.74. The van der Waals surface area contributed by atoms with Crippen LogP contribution in [0, 0.1) is 12.7 Å². The lowest BCUT2D eigenvalue weighted by molar-refractivity contribution is -0.123. The van der Waals surface area contributed by atoms with Crippen LogP contribution in [0.15, 0.2) is 18.2 Å². The lowest BCUT2D eigenvalue weighted by atomic mass is 10.2. The van der Waals surface area contributed by atoms with E-state index >= 15 is 0 Å². The minimum Gasteiger partial charge on any atom is -0.484 e. The molecule has 0 aromatic heterocycles. The molecule has 1 aromatic carbocycles. The molecule has 0 spiro atoms. The molecule has 1 amide bonds. The van der Waals surface area contributed by atoms with Crippen LogP contribution in [0.5, 0.6) is 5.75 Å². The van der Waals surface area contributed by atoms with Gasteiger partial charge in [-0.1, -0.05) is 13.3 Å². The minimum atomic E-state index is -0.305. The second kappa shape index (κ2) is 6.99. The van der Waals surface area contributed by atoms with Gasteiger partial charge in [-0.25, -0.2) is 4.39 Å². The van der Waals surface area contributed by atoms with Gasteiger partial charge in [0.2, 0.25) is 0 Å². The lowest BCUT2D eigenvalue weighted by Gasteiger charge is -2.14. The van der Waals surface area contributed by atoms with Gasteiger partial charge in [0, 0.05) is 6.04 Å². The predicted octanol–water partition coefficient (Wildman–Crippen LogP) is 2.82. The van der Waals surface area contributed by atoms with E-state index in [2.05, 4.69) is 12.2 Å². The van der Waals surface area contributed by atoms with Crippen LogP contribution in [-0.2, 0) is 4.79 Å². The average molecular weight is 253 g/mol. The summed E-state index contributed by atoms with van der Waals surface area (Å²) in [6.45, 7) is 5.74. The number of hydrogen-bond donors (Lipinski definition) is 1. The first kappa shape index (κ1) is 14.5. The van der Waals surface area contributed by atoms with E-state index in [1.165, 1.54) is 18.2 Å². The molecule has 1 rings (SSSR count). The monoisotopic (exact) mass is 253 g/mol. The Bertz CT molecular complexity index is 407. The van der Waals surface area contributed by atoms with Crippen molar-refractivity contribution in [1.82, 2.24) is 5.32 Å². The summed E-state index contributed by atoms with van der Waals surface area (Å²) in [4.78, 5) is 11.6. The van der Waals surface area contributed by atoms with Crippen LogP contribution in [0.4, 0.5) is 4.39 Å². The summed E-state index contributed by atoms with van der Waals surface area (Å²) in [5.74, 6) is 0.0789. The second-order valence-electron chi connectivity index (χ2n) is 4.46. The van der Waals surface area contributed by atoms with Crippen molar-refractivity contribution in [2.45, 2.75) is 39.7 Å². The van der Waals surface area contributed by atoms with Crippen LogP contribution in [0.2, 0.25) is 0 Å². The number of aryl methyl sites for hydroxylation is 1. The molecule has 0 aliphatic carbocycles. The maximum atomic E-state index is 12.9. The molecule has 0 aliphatic rings. The maximum absolute atomic E-state index is 12.9. The number of rotatable bonds is 6. The van der Waals surface area contributed by atoms with Crippen LogP contribution in [0.1, 0.15) is 32.3 Å². The number of halogens is 1. The number of hydrogen-bond acceptors (Lipinski definition) is 2. The van der Waals surface area contributed by atoms with Gasteiger partial charge in [-0.3, -0.25) is 4.79 Å². The maximum Gasteiger partial charge on any atom is 0.258 e. The van der Waals surface area contributed by atoms with Gasteiger partial charge in [0.25, 0.3) is 5.91 Å². The van der Waals surface area contributed by atoms with Crippen molar-refractivity contribution >= 4 is 5.91 Å². The Hall–Kier alpha value is -1.58. The Morgan fingerprint density at radius 2 is 2.22 bits per heavy atom. The van der Waals surface area contributed by atoms with E-state index < -0.39 is 0 Å². The zero-order valence-electron chi connectivity index (χ0n) is 11.1. The van der Waals surface area contributed by atoms with Gasteiger partial charge in [0.15, 0.2) is 6.61 Å². The molecule has 100 valence electrons. The van der Waals surface area contributed by atoms with E-state index in [4.69, 9.17) is 4.74 Å². The summed E-state index contributed by atoms with van der Waals surface area (Å²) in [5, 5.41) is 2.84. The fourth-order valence-corrected chi connectivity index (χ4v) is 1.74. The Morgan fingerprint density at radius 1 is 1.50 bits per heavy atom. The summed E-state index contributed by atoms with van der Waals surface area (Å²) >= 11 is 0. The Labute approximate surface area is 107 Å². The van der Waals surface area contributed by atoms with E-state index in [1.54, 1.807) is 6.92 Å². The van der Waals surface area contributed by atoms with Crippen LogP contribution >= 0.6 is 0 Å². The molecule has 1 N–H and O–H groups in total.